The van der Waals surface area contributed by atoms with Gasteiger partial charge >= 0.3 is 0 Å². The molecule has 1 N–H and O–H groups in total. The second-order valence-electron chi connectivity index (χ2n) is 4.98. The van der Waals surface area contributed by atoms with Crippen molar-refractivity contribution in [2.75, 3.05) is 6.61 Å². The topological polar surface area (TPSA) is 34.1 Å². The lowest BCUT2D eigenvalue weighted by molar-refractivity contribution is 0.134. The molecule has 0 unspecified atom stereocenters. The minimum atomic E-state index is 0.685. The molecule has 0 atom stereocenters. The highest BCUT2D eigenvalue weighted by Crippen LogP contribution is 2.42. The van der Waals surface area contributed by atoms with Gasteiger partial charge in [-0.25, -0.2) is 4.98 Å². The summed E-state index contributed by atoms with van der Waals surface area (Å²) >= 11 is 1.84. The summed E-state index contributed by atoms with van der Waals surface area (Å²) in [5.74, 6) is 0.748. The predicted octanol–water partition coefficient (Wildman–Crippen LogP) is 2.81. The van der Waals surface area contributed by atoms with Crippen molar-refractivity contribution in [2.24, 2.45) is 0 Å². The maximum Gasteiger partial charge on any atom is 0.119 e. The summed E-state index contributed by atoms with van der Waals surface area (Å²) in [6, 6.07) is 0.777. The van der Waals surface area contributed by atoms with Crippen molar-refractivity contribution in [3.63, 3.8) is 0 Å². The first-order chi connectivity index (χ1) is 8.36. The maximum absolute atomic E-state index is 5.45. The number of nitrogens with one attached hydrogen (secondary N) is 1. The summed E-state index contributed by atoms with van der Waals surface area (Å²) in [4.78, 5) is 6.21. The van der Waals surface area contributed by atoms with Crippen LogP contribution in [0.4, 0.5) is 0 Å². The first kappa shape index (κ1) is 11.6. The maximum atomic E-state index is 5.45. The molecule has 0 amide bonds. The average molecular weight is 252 g/mol. The molecule has 94 valence electrons. The van der Waals surface area contributed by atoms with E-state index in [9.17, 15) is 0 Å². The van der Waals surface area contributed by atoms with E-state index in [0.717, 1.165) is 30.1 Å². The van der Waals surface area contributed by atoms with Crippen molar-refractivity contribution < 1.29 is 4.74 Å². The lowest BCUT2D eigenvalue weighted by Gasteiger charge is -2.01. The van der Waals surface area contributed by atoms with Crippen molar-refractivity contribution in [2.45, 2.75) is 57.7 Å². The number of thiazole rings is 1. The van der Waals surface area contributed by atoms with E-state index < -0.39 is 0 Å². The fourth-order valence-electron chi connectivity index (χ4n) is 1.99. The zero-order valence-corrected chi connectivity index (χ0v) is 11.2. The molecule has 0 aliphatic heterocycles. The Balaban J connectivity index is 1.66. The van der Waals surface area contributed by atoms with Crippen LogP contribution in [0.1, 0.15) is 54.1 Å². The molecule has 4 heteroatoms. The fraction of sp³-hybridized carbons (Fsp3) is 0.769. The summed E-state index contributed by atoms with van der Waals surface area (Å²) in [5, 5.41) is 4.75. The zero-order valence-electron chi connectivity index (χ0n) is 10.4. The van der Waals surface area contributed by atoms with Crippen LogP contribution in [0, 0.1) is 0 Å². The van der Waals surface area contributed by atoms with Crippen LogP contribution < -0.4 is 5.32 Å². The van der Waals surface area contributed by atoms with Gasteiger partial charge in [0.2, 0.25) is 0 Å². The van der Waals surface area contributed by atoms with Crippen molar-refractivity contribution >= 4 is 11.3 Å². The third-order valence-electron chi connectivity index (χ3n) is 3.29. The zero-order chi connectivity index (χ0) is 11.7. The number of rotatable bonds is 7. The fourth-order valence-corrected chi connectivity index (χ4v) is 3.04. The summed E-state index contributed by atoms with van der Waals surface area (Å²) in [6.45, 7) is 4.50. The Kier molecular flexibility index (Phi) is 3.45. The molecule has 3 rings (SSSR count). The minimum Gasteiger partial charge on any atom is -0.375 e. The van der Waals surface area contributed by atoms with Gasteiger partial charge in [0.15, 0.2) is 0 Å². The van der Waals surface area contributed by atoms with Crippen LogP contribution in [-0.2, 0) is 17.9 Å². The molecule has 2 fully saturated rings. The van der Waals surface area contributed by atoms with Gasteiger partial charge in [-0.05, 0) is 32.6 Å². The summed E-state index contributed by atoms with van der Waals surface area (Å²) in [7, 11) is 0. The van der Waals surface area contributed by atoms with E-state index in [0.29, 0.717) is 6.61 Å². The van der Waals surface area contributed by atoms with Crippen LogP contribution >= 0.6 is 11.3 Å². The Labute approximate surface area is 107 Å². The predicted molar refractivity (Wildman–Crippen MR) is 69.3 cm³/mol. The van der Waals surface area contributed by atoms with Crippen LogP contribution in [0.2, 0.25) is 0 Å². The Bertz CT molecular complexity index is 383. The highest BCUT2D eigenvalue weighted by atomic mass is 32.1. The van der Waals surface area contributed by atoms with Gasteiger partial charge in [0, 0.05) is 30.0 Å². The minimum absolute atomic E-state index is 0.685. The smallest absolute Gasteiger partial charge is 0.119 e. The Morgan fingerprint density at radius 1 is 1.35 bits per heavy atom. The van der Waals surface area contributed by atoms with Crippen molar-refractivity contribution in [3.05, 3.63) is 15.6 Å². The number of nitrogens with zero attached hydrogens (tertiary/aromatic N) is 1. The third-order valence-corrected chi connectivity index (χ3v) is 4.34. The first-order valence-electron chi connectivity index (χ1n) is 6.66. The molecule has 2 saturated carbocycles. The van der Waals surface area contributed by atoms with E-state index in [1.807, 2.05) is 18.3 Å². The number of hydrogen-bond acceptors (Lipinski definition) is 4. The molecular weight excluding hydrogens is 232 g/mol. The van der Waals surface area contributed by atoms with Gasteiger partial charge in [-0.2, -0.15) is 0 Å². The van der Waals surface area contributed by atoms with Crippen LogP contribution in [0.3, 0.4) is 0 Å². The van der Waals surface area contributed by atoms with Gasteiger partial charge in [-0.1, -0.05) is 0 Å². The summed E-state index contributed by atoms with van der Waals surface area (Å²) < 4.78 is 5.45. The van der Waals surface area contributed by atoms with Crippen molar-refractivity contribution in [3.8, 4) is 0 Å². The third kappa shape index (κ3) is 3.06. The van der Waals surface area contributed by atoms with E-state index in [2.05, 4.69) is 5.32 Å². The van der Waals surface area contributed by atoms with Crippen LogP contribution in [0.5, 0.6) is 0 Å². The van der Waals surface area contributed by atoms with Crippen LogP contribution in [0.15, 0.2) is 0 Å². The molecule has 0 bridgehead atoms. The molecule has 2 aliphatic carbocycles. The highest BCUT2D eigenvalue weighted by Gasteiger charge is 2.30. The molecule has 0 spiro atoms. The molecule has 3 nitrogen and oxygen atoms in total. The van der Waals surface area contributed by atoms with Crippen LogP contribution in [0.25, 0.3) is 0 Å². The Morgan fingerprint density at radius 3 is 2.82 bits per heavy atom. The molecular formula is C13H20N2OS. The summed E-state index contributed by atoms with van der Waals surface area (Å²) in [6.07, 6.45) is 5.36. The molecule has 17 heavy (non-hydrogen) atoms. The summed E-state index contributed by atoms with van der Waals surface area (Å²) in [5.41, 5.74) is 1.36. The number of hydrogen-bond donors (Lipinski definition) is 1. The van der Waals surface area contributed by atoms with E-state index >= 15 is 0 Å². The molecule has 1 heterocycles. The van der Waals surface area contributed by atoms with E-state index in [1.165, 1.54) is 36.3 Å². The SMILES string of the molecule is CCOCc1nc(C2CC2)c(CNC2CC2)s1. The molecule has 1 aromatic heterocycles. The Morgan fingerprint density at radius 2 is 2.18 bits per heavy atom. The molecule has 0 saturated heterocycles. The van der Waals surface area contributed by atoms with Crippen LogP contribution in [-0.4, -0.2) is 17.6 Å². The van der Waals surface area contributed by atoms with Gasteiger partial charge in [-0.15, -0.1) is 11.3 Å². The lowest BCUT2D eigenvalue weighted by atomic mass is 10.2. The monoisotopic (exact) mass is 252 g/mol. The normalized spacial score (nSPS) is 19.8. The quantitative estimate of drug-likeness (QED) is 0.810. The van der Waals surface area contributed by atoms with Gasteiger partial charge in [-0.3, -0.25) is 0 Å². The van der Waals surface area contributed by atoms with Crippen molar-refractivity contribution in [1.82, 2.24) is 10.3 Å². The average Bonchev–Trinajstić information content (AvgIpc) is 3.23. The van der Waals surface area contributed by atoms with Gasteiger partial charge in [0.25, 0.3) is 0 Å². The Hall–Kier alpha value is -0.450. The molecule has 1 aromatic rings. The van der Waals surface area contributed by atoms with Gasteiger partial charge in [0.05, 0.1) is 12.3 Å². The first-order valence-corrected chi connectivity index (χ1v) is 7.48. The molecule has 2 aliphatic rings. The number of aromatic nitrogens is 1. The lowest BCUT2D eigenvalue weighted by Crippen LogP contribution is -2.15. The second-order valence-corrected chi connectivity index (χ2v) is 6.15. The van der Waals surface area contributed by atoms with Crippen molar-refractivity contribution in [1.29, 1.82) is 0 Å². The highest BCUT2D eigenvalue weighted by molar-refractivity contribution is 7.11. The molecule has 0 aromatic carbocycles. The van der Waals surface area contributed by atoms with E-state index in [4.69, 9.17) is 9.72 Å². The van der Waals surface area contributed by atoms with E-state index in [-0.39, 0.29) is 0 Å². The largest absolute Gasteiger partial charge is 0.375 e. The second kappa shape index (κ2) is 5.04. The number of ether oxygens (including phenoxy) is 1. The van der Waals surface area contributed by atoms with Gasteiger partial charge in [0.1, 0.15) is 5.01 Å². The standard InChI is InChI=1S/C13H20N2OS/c1-2-16-8-12-15-13(9-3-4-9)11(17-12)7-14-10-5-6-10/h9-10,14H,2-8H2,1H3. The van der Waals surface area contributed by atoms with E-state index in [1.54, 1.807) is 0 Å². The van der Waals surface area contributed by atoms with Gasteiger partial charge < -0.3 is 10.1 Å². The molecule has 0 radical (unpaired) electrons.